The Bertz CT molecular complexity index is 1400. The Kier molecular flexibility index (Phi) is 7.15. The van der Waals surface area contributed by atoms with Crippen LogP contribution in [0, 0.1) is 13.8 Å². The second kappa shape index (κ2) is 10.6. The number of hydrogen-bond acceptors (Lipinski definition) is 5. The van der Waals surface area contributed by atoms with E-state index in [1.807, 2.05) is 90.9 Å². The molecule has 1 amide bonds. The molecule has 192 valence electrons. The molecule has 4 aromatic rings. The number of aryl methyl sites for hydroxylation is 2. The van der Waals surface area contributed by atoms with Gasteiger partial charge in [-0.3, -0.25) is 4.79 Å². The van der Waals surface area contributed by atoms with Gasteiger partial charge in [0.1, 0.15) is 30.0 Å². The van der Waals surface area contributed by atoms with Crippen molar-refractivity contribution in [1.82, 2.24) is 9.55 Å². The molecule has 1 aliphatic rings. The molecule has 5 rings (SSSR count). The highest BCUT2D eigenvalue weighted by molar-refractivity contribution is 5.96. The van der Waals surface area contributed by atoms with E-state index in [2.05, 4.69) is 6.07 Å². The second-order valence-corrected chi connectivity index (χ2v) is 9.64. The lowest BCUT2D eigenvalue weighted by molar-refractivity contribution is -0.117. The number of amides is 1. The van der Waals surface area contributed by atoms with Crippen LogP contribution in [0.3, 0.4) is 0 Å². The molecular formula is C30H33N3O4. The molecule has 1 saturated heterocycles. The van der Waals surface area contributed by atoms with Crippen LogP contribution in [0.5, 0.6) is 11.5 Å². The van der Waals surface area contributed by atoms with E-state index in [-0.39, 0.29) is 18.4 Å². The molecule has 0 aliphatic carbocycles. The fourth-order valence-electron chi connectivity index (χ4n) is 5.03. The highest BCUT2D eigenvalue weighted by Crippen LogP contribution is 2.34. The average molecular weight is 500 g/mol. The molecule has 0 bridgehead atoms. The van der Waals surface area contributed by atoms with Crippen LogP contribution in [0.2, 0.25) is 0 Å². The topological polar surface area (TPSA) is 76.8 Å². The lowest BCUT2D eigenvalue weighted by Gasteiger charge is -2.19. The molecule has 37 heavy (non-hydrogen) atoms. The first-order valence-corrected chi connectivity index (χ1v) is 12.8. The van der Waals surface area contributed by atoms with E-state index in [1.54, 1.807) is 0 Å². The number of nitrogens with zero attached hydrogens (tertiary/aromatic N) is 3. The van der Waals surface area contributed by atoms with Crippen molar-refractivity contribution in [2.24, 2.45) is 0 Å². The summed E-state index contributed by atoms with van der Waals surface area (Å²) < 4.78 is 13.5. The molecule has 3 aromatic carbocycles. The van der Waals surface area contributed by atoms with Crippen LogP contribution in [0.4, 0.5) is 5.69 Å². The summed E-state index contributed by atoms with van der Waals surface area (Å²) in [5.74, 6) is 2.35. The molecular weight excluding hydrogens is 466 g/mol. The summed E-state index contributed by atoms with van der Waals surface area (Å²) in [5.41, 5.74) is 4.85. The smallest absolute Gasteiger partial charge is 0.227 e. The van der Waals surface area contributed by atoms with Gasteiger partial charge in [0, 0.05) is 24.6 Å². The second-order valence-electron chi connectivity index (χ2n) is 9.64. The molecule has 2 atom stereocenters. The van der Waals surface area contributed by atoms with Crippen molar-refractivity contribution in [3.63, 3.8) is 0 Å². The Morgan fingerprint density at radius 1 is 1.05 bits per heavy atom. The highest BCUT2D eigenvalue weighted by Gasteiger charge is 2.35. The SMILES string of the molecule is CCOc1ccc(N2CC(c3nc4ccccc4n3CC(O)COc3ccc(C)cc3C)CC2=O)cc1. The summed E-state index contributed by atoms with van der Waals surface area (Å²) in [5, 5.41) is 10.9. The van der Waals surface area contributed by atoms with Crippen molar-refractivity contribution in [3.8, 4) is 11.5 Å². The Labute approximate surface area is 217 Å². The fourth-order valence-corrected chi connectivity index (χ4v) is 5.03. The van der Waals surface area contributed by atoms with Gasteiger partial charge >= 0.3 is 0 Å². The number of aromatic nitrogens is 2. The number of fused-ring (bicyclic) bond motifs is 1. The van der Waals surface area contributed by atoms with Crippen molar-refractivity contribution in [2.75, 3.05) is 24.7 Å². The number of aliphatic hydroxyl groups is 1. The average Bonchev–Trinajstić information content (AvgIpc) is 3.45. The minimum absolute atomic E-state index is 0.0616. The number of imidazole rings is 1. The number of rotatable bonds is 9. The first kappa shape index (κ1) is 24.8. The van der Waals surface area contributed by atoms with E-state index < -0.39 is 6.10 Å². The summed E-state index contributed by atoms with van der Waals surface area (Å²) in [4.78, 5) is 19.7. The molecule has 0 saturated carbocycles. The number of anilines is 1. The number of hydrogen-bond donors (Lipinski definition) is 1. The number of carbonyl (C=O) groups excluding carboxylic acids is 1. The molecule has 1 fully saturated rings. The number of carbonyl (C=O) groups is 1. The maximum atomic E-state index is 13.0. The van der Waals surface area contributed by atoms with Gasteiger partial charge in [-0.05, 0) is 68.8 Å². The first-order chi connectivity index (χ1) is 17.9. The Hall–Kier alpha value is -3.84. The van der Waals surface area contributed by atoms with Crippen LogP contribution >= 0.6 is 0 Å². The van der Waals surface area contributed by atoms with Gasteiger partial charge in [0.2, 0.25) is 5.91 Å². The van der Waals surface area contributed by atoms with Gasteiger partial charge in [0.05, 0.1) is 24.2 Å². The van der Waals surface area contributed by atoms with Crippen LogP contribution in [0.25, 0.3) is 11.0 Å². The quantitative estimate of drug-likeness (QED) is 0.350. The van der Waals surface area contributed by atoms with Crippen LogP contribution < -0.4 is 14.4 Å². The lowest BCUT2D eigenvalue weighted by Crippen LogP contribution is -2.26. The third-order valence-corrected chi connectivity index (χ3v) is 6.79. The fraction of sp³-hybridized carbons (Fsp3) is 0.333. The summed E-state index contributed by atoms with van der Waals surface area (Å²) in [6, 6.07) is 21.5. The van der Waals surface area contributed by atoms with Gasteiger partial charge in [-0.1, -0.05) is 29.8 Å². The minimum atomic E-state index is -0.739. The number of benzene rings is 3. The molecule has 2 unspecified atom stereocenters. The Morgan fingerprint density at radius 2 is 1.84 bits per heavy atom. The molecule has 0 radical (unpaired) electrons. The van der Waals surface area contributed by atoms with Crippen LogP contribution in [0.15, 0.2) is 66.7 Å². The predicted octanol–water partition coefficient (Wildman–Crippen LogP) is 5.01. The van der Waals surface area contributed by atoms with Crippen LogP contribution in [-0.4, -0.2) is 46.4 Å². The van der Waals surface area contributed by atoms with E-state index in [9.17, 15) is 9.90 Å². The molecule has 1 N–H and O–H groups in total. The normalized spacial score (nSPS) is 16.4. The minimum Gasteiger partial charge on any atom is -0.494 e. The highest BCUT2D eigenvalue weighted by atomic mass is 16.5. The molecule has 7 nitrogen and oxygen atoms in total. The zero-order valence-electron chi connectivity index (χ0n) is 21.6. The summed E-state index contributed by atoms with van der Waals surface area (Å²) in [7, 11) is 0. The Morgan fingerprint density at radius 3 is 2.59 bits per heavy atom. The largest absolute Gasteiger partial charge is 0.494 e. The molecule has 7 heteroatoms. The maximum Gasteiger partial charge on any atom is 0.227 e. The van der Waals surface area contributed by atoms with Gasteiger partial charge in [-0.2, -0.15) is 0 Å². The number of para-hydroxylation sites is 2. The van der Waals surface area contributed by atoms with Gasteiger partial charge < -0.3 is 24.0 Å². The van der Waals surface area contributed by atoms with Gasteiger partial charge in [-0.15, -0.1) is 0 Å². The third-order valence-electron chi connectivity index (χ3n) is 6.79. The summed E-state index contributed by atoms with van der Waals surface area (Å²) >= 11 is 0. The van der Waals surface area contributed by atoms with E-state index in [4.69, 9.17) is 14.5 Å². The number of ether oxygens (including phenoxy) is 2. The van der Waals surface area contributed by atoms with E-state index >= 15 is 0 Å². The van der Waals surface area contributed by atoms with Crippen LogP contribution in [-0.2, 0) is 11.3 Å². The van der Waals surface area contributed by atoms with Gasteiger partial charge in [0.15, 0.2) is 0 Å². The first-order valence-electron chi connectivity index (χ1n) is 12.8. The third kappa shape index (κ3) is 5.32. The number of aliphatic hydroxyl groups excluding tert-OH is 1. The molecule has 0 spiro atoms. The zero-order valence-corrected chi connectivity index (χ0v) is 21.6. The van der Waals surface area contributed by atoms with Crippen molar-refractivity contribution in [3.05, 3.63) is 83.7 Å². The van der Waals surface area contributed by atoms with Crippen LogP contribution in [0.1, 0.15) is 36.2 Å². The van der Waals surface area contributed by atoms with E-state index in [1.165, 1.54) is 5.56 Å². The van der Waals surface area contributed by atoms with Gasteiger partial charge in [-0.25, -0.2) is 4.98 Å². The zero-order chi connectivity index (χ0) is 25.9. The monoisotopic (exact) mass is 499 g/mol. The van der Waals surface area contributed by atoms with E-state index in [0.29, 0.717) is 26.1 Å². The maximum absolute atomic E-state index is 13.0. The van der Waals surface area contributed by atoms with E-state index in [0.717, 1.165) is 39.6 Å². The standard InChI is InChI=1S/C30H33N3O4/c1-4-36-25-12-10-23(11-13-25)32-17-22(16-29(32)35)30-31-26-7-5-6-8-27(26)33(30)18-24(34)19-37-28-14-9-20(2)15-21(28)3/h5-15,22,24,34H,4,16-19H2,1-3H3. The summed E-state index contributed by atoms with van der Waals surface area (Å²) in [6.07, 6.45) is -0.373. The van der Waals surface area contributed by atoms with Crippen molar-refractivity contribution in [1.29, 1.82) is 0 Å². The van der Waals surface area contributed by atoms with Crippen molar-refractivity contribution >= 4 is 22.6 Å². The van der Waals surface area contributed by atoms with Crippen molar-refractivity contribution < 1.29 is 19.4 Å². The Balaban J connectivity index is 1.35. The van der Waals surface area contributed by atoms with Crippen molar-refractivity contribution in [2.45, 2.75) is 45.8 Å². The molecule has 1 aliphatic heterocycles. The molecule has 1 aromatic heterocycles. The van der Waals surface area contributed by atoms with Gasteiger partial charge in [0.25, 0.3) is 0 Å². The predicted molar refractivity (Wildman–Crippen MR) is 144 cm³/mol. The summed E-state index contributed by atoms with van der Waals surface area (Å²) in [6.45, 7) is 7.62. The lowest BCUT2D eigenvalue weighted by atomic mass is 10.1. The molecule has 2 heterocycles.